The molecule has 1 unspecified atom stereocenters. The van der Waals surface area contributed by atoms with Crippen LogP contribution in [0, 0.1) is 12.3 Å². The van der Waals surface area contributed by atoms with Gasteiger partial charge in [-0.15, -0.1) is 6.42 Å². The van der Waals surface area contributed by atoms with Gasteiger partial charge >= 0.3 is 0 Å². The molecular formula is C17H16BrNO3S. The molecule has 1 aromatic carbocycles. The van der Waals surface area contributed by atoms with E-state index in [-0.39, 0.29) is 23.8 Å². The first-order valence-corrected chi connectivity index (χ1v) is 8.72. The lowest BCUT2D eigenvalue weighted by atomic mass is 10.2. The highest BCUT2D eigenvalue weighted by molar-refractivity contribution is 9.10. The quantitative estimate of drug-likeness (QED) is 0.552. The number of rotatable bonds is 5. The normalized spacial score (nSPS) is 17.5. The average molecular weight is 394 g/mol. The third-order valence-electron chi connectivity index (χ3n) is 3.28. The van der Waals surface area contributed by atoms with Crippen molar-refractivity contribution in [2.45, 2.75) is 26.4 Å². The van der Waals surface area contributed by atoms with Gasteiger partial charge in [0.15, 0.2) is 0 Å². The summed E-state index contributed by atoms with van der Waals surface area (Å²) in [4.78, 5) is 25.3. The monoisotopic (exact) mass is 393 g/mol. The molecule has 0 spiro atoms. The van der Waals surface area contributed by atoms with Gasteiger partial charge in [0.05, 0.1) is 22.0 Å². The summed E-state index contributed by atoms with van der Waals surface area (Å²) in [6, 6.07) is 5.54. The van der Waals surface area contributed by atoms with Gasteiger partial charge in [-0.2, -0.15) is 0 Å². The highest BCUT2D eigenvalue weighted by Gasteiger charge is 2.34. The average Bonchev–Trinajstić information content (AvgIpc) is 2.78. The third kappa shape index (κ3) is 4.18. The van der Waals surface area contributed by atoms with E-state index in [1.54, 1.807) is 6.08 Å². The van der Waals surface area contributed by atoms with Crippen molar-refractivity contribution in [3.05, 3.63) is 33.1 Å². The summed E-state index contributed by atoms with van der Waals surface area (Å²) in [5.74, 6) is 2.71. The van der Waals surface area contributed by atoms with E-state index in [4.69, 9.17) is 11.2 Å². The minimum absolute atomic E-state index is 0.00656. The number of amides is 2. The van der Waals surface area contributed by atoms with E-state index in [0.29, 0.717) is 4.91 Å². The van der Waals surface area contributed by atoms with Crippen LogP contribution in [0.4, 0.5) is 4.79 Å². The molecule has 1 saturated heterocycles. The molecule has 0 radical (unpaired) electrons. The summed E-state index contributed by atoms with van der Waals surface area (Å²) >= 11 is 4.37. The molecule has 0 aromatic heterocycles. The first-order chi connectivity index (χ1) is 11.0. The molecule has 1 heterocycles. The van der Waals surface area contributed by atoms with Crippen molar-refractivity contribution in [3.63, 3.8) is 0 Å². The molecule has 2 amide bonds. The maximum Gasteiger partial charge on any atom is 0.294 e. The molecule has 1 aliphatic heterocycles. The fourth-order valence-corrected chi connectivity index (χ4v) is 3.21. The maximum atomic E-state index is 12.1. The highest BCUT2D eigenvalue weighted by Crippen LogP contribution is 2.33. The van der Waals surface area contributed by atoms with Crippen LogP contribution in [0.2, 0.25) is 0 Å². The van der Waals surface area contributed by atoms with Gasteiger partial charge in [0, 0.05) is 0 Å². The Bertz CT molecular complexity index is 708. The maximum absolute atomic E-state index is 12.1. The Morgan fingerprint density at radius 2 is 2.22 bits per heavy atom. The molecule has 1 aliphatic rings. The van der Waals surface area contributed by atoms with Crippen molar-refractivity contribution in [2.75, 3.05) is 6.54 Å². The first kappa shape index (κ1) is 17.6. The number of imide groups is 1. The minimum atomic E-state index is -0.353. The standard InChI is InChI=1S/C17H16BrNO3S/c1-4-8-19-16(20)15(23-17(19)21)10-12-6-7-14(13(18)9-12)22-11(3)5-2/h1,6-7,9-11H,5,8H2,2-3H3. The second-order valence-electron chi connectivity index (χ2n) is 5.00. The van der Waals surface area contributed by atoms with Gasteiger partial charge in [-0.1, -0.05) is 18.9 Å². The lowest BCUT2D eigenvalue weighted by molar-refractivity contribution is -0.122. The zero-order valence-corrected chi connectivity index (χ0v) is 15.2. The van der Waals surface area contributed by atoms with Gasteiger partial charge in [0.2, 0.25) is 0 Å². The smallest absolute Gasteiger partial charge is 0.294 e. The van der Waals surface area contributed by atoms with E-state index in [0.717, 1.165) is 38.9 Å². The van der Waals surface area contributed by atoms with E-state index in [9.17, 15) is 9.59 Å². The molecular weight excluding hydrogens is 378 g/mol. The molecule has 2 rings (SSSR count). The predicted octanol–water partition coefficient (Wildman–Crippen LogP) is 4.30. The zero-order chi connectivity index (χ0) is 17.0. The van der Waals surface area contributed by atoms with Crippen LogP contribution in [0.1, 0.15) is 25.8 Å². The molecule has 4 nitrogen and oxygen atoms in total. The van der Waals surface area contributed by atoms with E-state index in [1.165, 1.54) is 0 Å². The summed E-state index contributed by atoms with van der Waals surface area (Å²) in [6.07, 6.45) is 7.89. The molecule has 120 valence electrons. The molecule has 6 heteroatoms. The van der Waals surface area contributed by atoms with Crippen LogP contribution >= 0.6 is 27.7 Å². The predicted molar refractivity (Wildman–Crippen MR) is 96.0 cm³/mol. The number of hydrogen-bond acceptors (Lipinski definition) is 4. The number of ether oxygens (including phenoxy) is 1. The van der Waals surface area contributed by atoms with Gasteiger partial charge in [0.1, 0.15) is 5.75 Å². The molecule has 0 aliphatic carbocycles. The largest absolute Gasteiger partial charge is 0.490 e. The Kier molecular flexibility index (Phi) is 5.91. The lowest BCUT2D eigenvalue weighted by Crippen LogP contribution is -2.28. The Labute approximate surface area is 148 Å². The SMILES string of the molecule is C#CCN1C(=O)SC(=Cc2ccc(OC(C)CC)c(Br)c2)C1=O. The van der Waals surface area contributed by atoms with Crippen molar-refractivity contribution in [2.24, 2.45) is 0 Å². The summed E-state index contributed by atoms with van der Waals surface area (Å²) in [5.41, 5.74) is 0.805. The Morgan fingerprint density at radius 1 is 1.48 bits per heavy atom. The fraction of sp³-hybridized carbons (Fsp3) is 0.294. The molecule has 1 fully saturated rings. The molecule has 0 bridgehead atoms. The second-order valence-corrected chi connectivity index (χ2v) is 6.85. The van der Waals surface area contributed by atoms with E-state index in [1.807, 2.05) is 25.1 Å². The van der Waals surface area contributed by atoms with Crippen LogP contribution in [-0.2, 0) is 4.79 Å². The number of carbonyl (C=O) groups is 2. The summed E-state index contributed by atoms with van der Waals surface area (Å²) in [5, 5.41) is -0.338. The highest BCUT2D eigenvalue weighted by atomic mass is 79.9. The number of nitrogens with zero attached hydrogens (tertiary/aromatic N) is 1. The van der Waals surface area contributed by atoms with Crippen molar-refractivity contribution < 1.29 is 14.3 Å². The van der Waals surface area contributed by atoms with E-state index in [2.05, 4.69) is 28.8 Å². The van der Waals surface area contributed by atoms with Gasteiger partial charge < -0.3 is 4.74 Å². The van der Waals surface area contributed by atoms with Crippen LogP contribution in [-0.4, -0.2) is 28.7 Å². The van der Waals surface area contributed by atoms with Gasteiger partial charge in [-0.3, -0.25) is 14.5 Å². The second kappa shape index (κ2) is 7.71. The number of hydrogen-bond donors (Lipinski definition) is 0. The molecule has 0 N–H and O–H groups in total. The first-order valence-electron chi connectivity index (χ1n) is 7.11. The van der Waals surface area contributed by atoms with Gasteiger partial charge in [-0.05, 0) is 64.8 Å². The summed E-state index contributed by atoms with van der Waals surface area (Å²) < 4.78 is 6.58. The van der Waals surface area contributed by atoms with Crippen LogP contribution in [0.25, 0.3) is 6.08 Å². The number of halogens is 1. The Balaban J connectivity index is 2.21. The number of benzene rings is 1. The van der Waals surface area contributed by atoms with Crippen LogP contribution in [0.15, 0.2) is 27.6 Å². The van der Waals surface area contributed by atoms with Crippen molar-refractivity contribution in [3.8, 4) is 18.1 Å². The third-order valence-corrected chi connectivity index (χ3v) is 4.81. The number of thioether (sulfide) groups is 1. The van der Waals surface area contributed by atoms with Crippen molar-refractivity contribution >= 4 is 44.9 Å². The number of carbonyl (C=O) groups excluding carboxylic acids is 2. The molecule has 1 atom stereocenters. The van der Waals surface area contributed by atoms with Crippen molar-refractivity contribution in [1.82, 2.24) is 4.90 Å². The molecule has 1 aromatic rings. The Hall–Kier alpha value is -1.71. The number of terminal acetylenes is 1. The zero-order valence-electron chi connectivity index (χ0n) is 12.8. The van der Waals surface area contributed by atoms with Gasteiger partial charge in [-0.25, -0.2) is 0 Å². The van der Waals surface area contributed by atoms with Crippen molar-refractivity contribution in [1.29, 1.82) is 0 Å². The van der Waals surface area contributed by atoms with E-state index < -0.39 is 0 Å². The molecule has 23 heavy (non-hydrogen) atoms. The molecule has 0 saturated carbocycles. The topological polar surface area (TPSA) is 46.6 Å². The summed E-state index contributed by atoms with van der Waals surface area (Å²) in [6.45, 7) is 4.05. The van der Waals surface area contributed by atoms with E-state index >= 15 is 0 Å². The van der Waals surface area contributed by atoms with Crippen LogP contribution < -0.4 is 4.74 Å². The van der Waals surface area contributed by atoms with Crippen LogP contribution in [0.3, 0.4) is 0 Å². The van der Waals surface area contributed by atoms with Crippen LogP contribution in [0.5, 0.6) is 5.75 Å². The van der Waals surface area contributed by atoms with Gasteiger partial charge in [0.25, 0.3) is 11.1 Å². The fourth-order valence-electron chi connectivity index (χ4n) is 1.88. The Morgan fingerprint density at radius 3 is 2.83 bits per heavy atom. The summed E-state index contributed by atoms with van der Waals surface area (Å²) in [7, 11) is 0. The lowest BCUT2D eigenvalue weighted by Gasteiger charge is -2.14. The minimum Gasteiger partial charge on any atom is -0.490 e.